The Morgan fingerprint density at radius 1 is 1.23 bits per heavy atom. The number of nitrogens with zero attached hydrogens (tertiary/aromatic N) is 2. The first-order valence-electron chi connectivity index (χ1n) is 9.89. The van der Waals surface area contributed by atoms with Crippen LogP contribution in [0.2, 0.25) is 0 Å². The van der Waals surface area contributed by atoms with Gasteiger partial charge in [-0.15, -0.1) is 0 Å². The minimum absolute atomic E-state index is 0.0180. The van der Waals surface area contributed by atoms with Gasteiger partial charge in [0.1, 0.15) is 29.6 Å². The lowest BCUT2D eigenvalue weighted by molar-refractivity contribution is -0.122. The monoisotopic (exact) mass is 411 g/mol. The number of ether oxygens (including phenoxy) is 1. The van der Waals surface area contributed by atoms with Crippen LogP contribution in [0.15, 0.2) is 39.8 Å². The summed E-state index contributed by atoms with van der Waals surface area (Å²) < 4.78 is 11.6. The molecule has 8 heteroatoms. The third-order valence-corrected chi connectivity index (χ3v) is 4.91. The topological polar surface area (TPSA) is 103 Å². The molecule has 0 aliphatic heterocycles. The second-order valence-electron chi connectivity index (χ2n) is 7.00. The fourth-order valence-electron chi connectivity index (χ4n) is 3.27. The highest BCUT2D eigenvalue weighted by Crippen LogP contribution is 2.21. The van der Waals surface area contributed by atoms with Crippen LogP contribution >= 0.6 is 0 Å². The van der Waals surface area contributed by atoms with E-state index in [1.165, 1.54) is 11.9 Å². The Kier molecular flexibility index (Phi) is 6.34. The van der Waals surface area contributed by atoms with Crippen LogP contribution in [-0.2, 0) is 22.5 Å². The first kappa shape index (κ1) is 21.3. The Morgan fingerprint density at radius 2 is 1.93 bits per heavy atom. The first-order chi connectivity index (χ1) is 14.3. The summed E-state index contributed by atoms with van der Waals surface area (Å²) in [4.78, 5) is 41.7. The van der Waals surface area contributed by atoms with E-state index in [1.54, 1.807) is 13.8 Å². The summed E-state index contributed by atoms with van der Waals surface area (Å²) in [6, 6.07) is 7.78. The molecule has 0 fully saturated rings. The van der Waals surface area contributed by atoms with Gasteiger partial charge in [0.05, 0.1) is 12.6 Å². The number of aromatic nitrogens is 2. The highest BCUT2D eigenvalue weighted by molar-refractivity contribution is 6.03. The largest absolute Gasteiger partial charge is 0.462 e. The summed E-state index contributed by atoms with van der Waals surface area (Å²) >= 11 is 0. The summed E-state index contributed by atoms with van der Waals surface area (Å²) in [6.45, 7) is 7.13. The smallest absolute Gasteiger partial charge is 0.342 e. The number of carbonyl (C=O) groups excluding carboxylic acids is 2. The van der Waals surface area contributed by atoms with Crippen molar-refractivity contribution in [2.24, 2.45) is 0 Å². The van der Waals surface area contributed by atoms with E-state index in [4.69, 9.17) is 9.15 Å². The quantitative estimate of drug-likeness (QED) is 0.600. The van der Waals surface area contributed by atoms with Crippen molar-refractivity contribution >= 4 is 23.0 Å². The van der Waals surface area contributed by atoms with Crippen molar-refractivity contribution < 1.29 is 18.7 Å². The van der Waals surface area contributed by atoms with Gasteiger partial charge in [-0.3, -0.25) is 14.2 Å². The van der Waals surface area contributed by atoms with Crippen LogP contribution in [0, 0.1) is 6.92 Å². The van der Waals surface area contributed by atoms with Crippen LogP contribution in [0.5, 0.6) is 0 Å². The molecule has 30 heavy (non-hydrogen) atoms. The Balaban J connectivity index is 1.82. The number of aryl methyl sites for hydroxylation is 2. The molecule has 158 valence electrons. The van der Waals surface area contributed by atoms with Crippen molar-refractivity contribution in [2.75, 3.05) is 6.61 Å². The van der Waals surface area contributed by atoms with Gasteiger partial charge in [-0.1, -0.05) is 31.2 Å². The first-order valence-corrected chi connectivity index (χ1v) is 9.89. The number of hydrogen-bond acceptors (Lipinski definition) is 6. The van der Waals surface area contributed by atoms with Gasteiger partial charge >= 0.3 is 5.97 Å². The third-order valence-electron chi connectivity index (χ3n) is 4.91. The molecule has 8 nitrogen and oxygen atoms in total. The molecule has 0 aliphatic carbocycles. The van der Waals surface area contributed by atoms with Gasteiger partial charge in [0, 0.05) is 0 Å². The van der Waals surface area contributed by atoms with E-state index in [0.717, 1.165) is 16.6 Å². The fourth-order valence-corrected chi connectivity index (χ4v) is 3.27. The number of amides is 1. The molecule has 3 rings (SSSR count). The predicted octanol–water partition coefficient (Wildman–Crippen LogP) is 2.91. The van der Waals surface area contributed by atoms with E-state index in [-0.39, 0.29) is 47.5 Å². The highest BCUT2D eigenvalue weighted by Gasteiger charge is 2.24. The SMILES string of the molecule is CCOC(=O)c1c(C)oc2ncn(CC(=O)N[C@H](C)c3ccc(CC)cc3)c(=O)c12. The summed E-state index contributed by atoms with van der Waals surface area (Å²) in [5.41, 5.74) is 1.74. The molecule has 1 atom stereocenters. The zero-order valence-electron chi connectivity index (χ0n) is 17.5. The third kappa shape index (κ3) is 4.27. The lowest BCUT2D eigenvalue weighted by Gasteiger charge is -2.15. The molecule has 3 aromatic rings. The van der Waals surface area contributed by atoms with Crippen LogP contribution in [0.1, 0.15) is 54.1 Å². The van der Waals surface area contributed by atoms with Crippen LogP contribution in [0.3, 0.4) is 0 Å². The normalized spacial score (nSPS) is 12.0. The molecule has 0 aliphatic rings. The van der Waals surface area contributed by atoms with Gasteiger partial charge in [0.25, 0.3) is 5.56 Å². The Bertz CT molecular complexity index is 1130. The van der Waals surface area contributed by atoms with Crippen molar-refractivity contribution in [3.8, 4) is 0 Å². The summed E-state index contributed by atoms with van der Waals surface area (Å²) in [7, 11) is 0. The number of hydrogen-bond donors (Lipinski definition) is 1. The molecule has 0 saturated carbocycles. The van der Waals surface area contributed by atoms with E-state index >= 15 is 0 Å². The van der Waals surface area contributed by atoms with Gasteiger partial charge in [-0.25, -0.2) is 9.78 Å². The highest BCUT2D eigenvalue weighted by atomic mass is 16.5. The average Bonchev–Trinajstić information content (AvgIpc) is 3.07. The van der Waals surface area contributed by atoms with E-state index in [9.17, 15) is 14.4 Å². The van der Waals surface area contributed by atoms with Gasteiger partial charge in [0.15, 0.2) is 0 Å². The van der Waals surface area contributed by atoms with E-state index in [1.807, 2.05) is 31.2 Å². The molecule has 0 unspecified atom stereocenters. The van der Waals surface area contributed by atoms with Crippen molar-refractivity contribution in [3.05, 3.63) is 63.4 Å². The Morgan fingerprint density at radius 3 is 2.57 bits per heavy atom. The predicted molar refractivity (Wildman–Crippen MR) is 111 cm³/mol. The van der Waals surface area contributed by atoms with Crippen molar-refractivity contribution in [1.82, 2.24) is 14.9 Å². The molecule has 1 N–H and O–H groups in total. The Hall–Kier alpha value is -3.42. The summed E-state index contributed by atoms with van der Waals surface area (Å²) in [5.74, 6) is -0.749. The van der Waals surface area contributed by atoms with Crippen LogP contribution in [-0.4, -0.2) is 28.0 Å². The standard InChI is InChI=1S/C22H25N3O5/c1-5-15-7-9-16(10-8-15)13(3)24-17(26)11-25-12-23-20-19(21(25)27)18(14(4)30-20)22(28)29-6-2/h7-10,12-13H,5-6,11H2,1-4H3,(H,24,26)/t13-/m1/s1. The van der Waals surface area contributed by atoms with Crippen molar-refractivity contribution in [1.29, 1.82) is 0 Å². The zero-order chi connectivity index (χ0) is 21.8. The molecular weight excluding hydrogens is 386 g/mol. The minimum atomic E-state index is -0.654. The number of fused-ring (bicyclic) bond motifs is 1. The molecule has 0 bridgehead atoms. The van der Waals surface area contributed by atoms with Crippen molar-refractivity contribution in [3.63, 3.8) is 0 Å². The maximum atomic E-state index is 12.9. The van der Waals surface area contributed by atoms with Gasteiger partial charge in [-0.2, -0.15) is 0 Å². The minimum Gasteiger partial charge on any atom is -0.462 e. The molecule has 2 heterocycles. The van der Waals surface area contributed by atoms with E-state index < -0.39 is 11.5 Å². The molecule has 0 saturated heterocycles. The summed E-state index contributed by atoms with van der Waals surface area (Å²) in [5, 5.41) is 2.90. The Labute approximate surface area is 173 Å². The number of benzene rings is 1. The molecule has 1 aromatic carbocycles. The maximum Gasteiger partial charge on any atom is 0.342 e. The average molecular weight is 411 g/mol. The second kappa shape index (κ2) is 8.94. The number of furan rings is 1. The lowest BCUT2D eigenvalue weighted by atomic mass is 10.1. The molecular formula is C22H25N3O5. The van der Waals surface area contributed by atoms with Crippen LogP contribution in [0.4, 0.5) is 0 Å². The van der Waals surface area contributed by atoms with Gasteiger partial charge in [-0.05, 0) is 38.3 Å². The summed E-state index contributed by atoms with van der Waals surface area (Å²) in [6.07, 6.45) is 2.18. The molecule has 1 amide bonds. The van der Waals surface area contributed by atoms with E-state index in [2.05, 4.69) is 17.2 Å². The number of nitrogens with one attached hydrogen (secondary N) is 1. The fraction of sp³-hybridized carbons (Fsp3) is 0.364. The zero-order valence-corrected chi connectivity index (χ0v) is 17.5. The maximum absolute atomic E-state index is 12.9. The van der Waals surface area contributed by atoms with E-state index in [0.29, 0.717) is 0 Å². The number of carbonyl (C=O) groups is 2. The van der Waals surface area contributed by atoms with Crippen LogP contribution in [0.25, 0.3) is 11.1 Å². The lowest BCUT2D eigenvalue weighted by Crippen LogP contribution is -2.34. The number of rotatable bonds is 7. The van der Waals surface area contributed by atoms with Gasteiger partial charge in [0.2, 0.25) is 11.6 Å². The second-order valence-corrected chi connectivity index (χ2v) is 7.00. The van der Waals surface area contributed by atoms with Crippen molar-refractivity contribution in [2.45, 2.75) is 46.7 Å². The molecule has 0 radical (unpaired) electrons. The van der Waals surface area contributed by atoms with Gasteiger partial charge < -0.3 is 14.5 Å². The number of esters is 1. The molecule has 0 spiro atoms. The molecule has 2 aromatic heterocycles. The van der Waals surface area contributed by atoms with Crippen LogP contribution < -0.4 is 10.9 Å².